The van der Waals surface area contributed by atoms with E-state index in [1.807, 2.05) is 0 Å². The highest BCUT2D eigenvalue weighted by Crippen LogP contribution is 2.35. The minimum atomic E-state index is -4.72. The number of hydrogen-bond donors (Lipinski definition) is 3. The first kappa shape index (κ1) is 19.2. The Balaban J connectivity index is 1.58. The number of aromatic nitrogens is 3. The number of carbonyl (C=O) groups excluding carboxylic acids is 1. The van der Waals surface area contributed by atoms with Gasteiger partial charge in [-0.2, -0.15) is 18.3 Å². The molecular weight excluding hydrogens is 389 g/mol. The Morgan fingerprint density at radius 3 is 2.83 bits per heavy atom. The Bertz CT molecular complexity index is 1030. The summed E-state index contributed by atoms with van der Waals surface area (Å²) in [5.41, 5.74) is 5.94. The zero-order chi connectivity index (χ0) is 20.6. The molecule has 3 aromatic heterocycles. The Morgan fingerprint density at radius 1 is 1.28 bits per heavy atom. The highest BCUT2D eigenvalue weighted by molar-refractivity contribution is 6.08. The fraction of sp³-hybridized carbons (Fsp3) is 0.389. The average molecular weight is 408 g/mol. The van der Waals surface area contributed by atoms with Crippen molar-refractivity contribution >= 4 is 23.1 Å². The van der Waals surface area contributed by atoms with E-state index in [2.05, 4.69) is 25.1 Å². The third-order valence-corrected chi connectivity index (χ3v) is 4.94. The van der Waals surface area contributed by atoms with Gasteiger partial charge in [-0.25, -0.2) is 9.50 Å². The highest BCUT2D eigenvalue weighted by Gasteiger charge is 2.38. The number of alkyl halides is 3. The topological polar surface area (TPSA) is 110 Å². The van der Waals surface area contributed by atoms with Gasteiger partial charge in [0.2, 0.25) is 5.76 Å². The van der Waals surface area contributed by atoms with E-state index in [1.165, 1.54) is 10.7 Å². The largest absolute Gasteiger partial charge is 0.458 e. The lowest BCUT2D eigenvalue weighted by Crippen LogP contribution is -2.42. The van der Waals surface area contributed by atoms with Crippen LogP contribution in [0.2, 0.25) is 0 Å². The smallest absolute Gasteiger partial charge is 0.451 e. The minimum absolute atomic E-state index is 0.0105. The number of furan rings is 1. The summed E-state index contributed by atoms with van der Waals surface area (Å²) in [4.78, 5) is 17.0. The molecule has 3 aromatic rings. The van der Waals surface area contributed by atoms with Crippen LogP contribution in [0.15, 0.2) is 35.2 Å². The third kappa shape index (κ3) is 3.90. The molecule has 0 spiro atoms. The number of nitrogens with two attached hydrogens (primary N) is 1. The first-order valence-corrected chi connectivity index (χ1v) is 9.15. The van der Waals surface area contributed by atoms with Gasteiger partial charge in [0, 0.05) is 24.3 Å². The lowest BCUT2D eigenvalue weighted by atomic mass is 9.91. The van der Waals surface area contributed by atoms with E-state index in [-0.39, 0.29) is 23.3 Å². The van der Waals surface area contributed by atoms with Crippen molar-refractivity contribution in [1.82, 2.24) is 14.6 Å². The van der Waals surface area contributed by atoms with Gasteiger partial charge < -0.3 is 20.8 Å². The average Bonchev–Trinajstić information content (AvgIpc) is 3.30. The Hall–Kier alpha value is -3.08. The van der Waals surface area contributed by atoms with Crippen molar-refractivity contribution < 1.29 is 22.4 Å². The summed E-state index contributed by atoms with van der Waals surface area (Å²) in [5.74, 6) is -1.52. The number of nitrogens with zero attached hydrogens (tertiary/aromatic N) is 3. The predicted molar refractivity (Wildman–Crippen MR) is 98.5 cm³/mol. The second kappa shape index (κ2) is 7.39. The van der Waals surface area contributed by atoms with Crippen LogP contribution in [0.5, 0.6) is 0 Å². The number of fused-ring (bicyclic) bond motifs is 1. The molecule has 0 aromatic carbocycles. The molecule has 1 fully saturated rings. The van der Waals surface area contributed by atoms with Crippen LogP contribution in [0.1, 0.15) is 41.8 Å². The normalized spacial score (nSPS) is 20.0. The van der Waals surface area contributed by atoms with E-state index in [9.17, 15) is 18.0 Å². The van der Waals surface area contributed by atoms with Crippen molar-refractivity contribution in [2.75, 3.05) is 10.6 Å². The van der Waals surface area contributed by atoms with E-state index < -0.39 is 23.5 Å². The molecule has 154 valence electrons. The van der Waals surface area contributed by atoms with Crippen LogP contribution in [0.3, 0.4) is 0 Å². The molecule has 4 rings (SSSR count). The first-order chi connectivity index (χ1) is 13.8. The fourth-order valence-electron chi connectivity index (χ4n) is 3.46. The number of carbonyl (C=O) groups is 1. The molecule has 1 aliphatic rings. The van der Waals surface area contributed by atoms with Crippen LogP contribution in [0.25, 0.3) is 5.65 Å². The van der Waals surface area contributed by atoms with E-state index >= 15 is 0 Å². The molecule has 4 N–H and O–H groups in total. The summed E-state index contributed by atoms with van der Waals surface area (Å²) >= 11 is 0. The Kier molecular flexibility index (Phi) is 4.91. The maximum atomic E-state index is 12.9. The van der Waals surface area contributed by atoms with Crippen molar-refractivity contribution in [1.29, 1.82) is 0 Å². The summed E-state index contributed by atoms with van der Waals surface area (Å²) in [7, 11) is 0. The third-order valence-electron chi connectivity index (χ3n) is 4.94. The zero-order valence-corrected chi connectivity index (χ0v) is 15.2. The van der Waals surface area contributed by atoms with Gasteiger partial charge in [0.15, 0.2) is 5.65 Å². The van der Waals surface area contributed by atoms with E-state index in [1.54, 1.807) is 12.3 Å². The minimum Gasteiger partial charge on any atom is -0.458 e. The van der Waals surface area contributed by atoms with Gasteiger partial charge in [0.05, 0.1) is 18.1 Å². The number of nitrogens with one attached hydrogen (secondary N) is 2. The molecule has 1 saturated carbocycles. The SMILES string of the molecule is N[C@H]1CCCC[C@H]1Nc1ccn2ncc(C(=O)Nc3ccoc3C(F)(F)F)c2n1. The van der Waals surface area contributed by atoms with Gasteiger partial charge in [0.25, 0.3) is 5.91 Å². The lowest BCUT2D eigenvalue weighted by Gasteiger charge is -2.29. The molecule has 2 atom stereocenters. The van der Waals surface area contributed by atoms with Gasteiger partial charge in [-0.3, -0.25) is 4.79 Å². The number of amides is 1. The van der Waals surface area contributed by atoms with Gasteiger partial charge >= 0.3 is 6.18 Å². The maximum absolute atomic E-state index is 12.9. The second-order valence-electron chi connectivity index (χ2n) is 6.95. The molecule has 3 heterocycles. The molecule has 0 radical (unpaired) electrons. The first-order valence-electron chi connectivity index (χ1n) is 9.15. The van der Waals surface area contributed by atoms with Crippen molar-refractivity contribution in [2.24, 2.45) is 5.73 Å². The molecule has 1 amide bonds. The molecule has 0 unspecified atom stereocenters. The molecule has 1 aliphatic carbocycles. The molecule has 8 nitrogen and oxygen atoms in total. The van der Waals surface area contributed by atoms with Crippen molar-refractivity contribution in [3.05, 3.63) is 42.1 Å². The summed E-state index contributed by atoms with van der Waals surface area (Å²) < 4.78 is 44.7. The van der Waals surface area contributed by atoms with Crippen LogP contribution in [0.4, 0.5) is 24.7 Å². The van der Waals surface area contributed by atoms with E-state index in [4.69, 9.17) is 5.73 Å². The summed E-state index contributed by atoms with van der Waals surface area (Å²) in [6.45, 7) is 0. The number of rotatable bonds is 4. The monoisotopic (exact) mass is 408 g/mol. The van der Waals surface area contributed by atoms with E-state index in [0.717, 1.165) is 38.0 Å². The summed E-state index contributed by atoms with van der Waals surface area (Å²) in [5, 5.41) is 9.53. The molecule has 0 aliphatic heterocycles. The quantitative estimate of drug-likeness (QED) is 0.611. The van der Waals surface area contributed by atoms with Crippen LogP contribution >= 0.6 is 0 Å². The number of halogens is 3. The van der Waals surface area contributed by atoms with Crippen LogP contribution < -0.4 is 16.4 Å². The molecule has 29 heavy (non-hydrogen) atoms. The van der Waals surface area contributed by atoms with Gasteiger partial charge in [-0.05, 0) is 18.9 Å². The Labute approximate surface area is 163 Å². The summed E-state index contributed by atoms with van der Waals surface area (Å²) in [6.07, 6.45) is 3.01. The van der Waals surface area contributed by atoms with Gasteiger partial charge in [0.1, 0.15) is 11.4 Å². The zero-order valence-electron chi connectivity index (χ0n) is 15.2. The second-order valence-corrected chi connectivity index (χ2v) is 6.95. The predicted octanol–water partition coefficient (Wildman–Crippen LogP) is 3.28. The van der Waals surface area contributed by atoms with Crippen molar-refractivity contribution in [2.45, 2.75) is 43.9 Å². The van der Waals surface area contributed by atoms with E-state index in [0.29, 0.717) is 5.82 Å². The molecule has 0 bridgehead atoms. The number of hydrogen-bond acceptors (Lipinski definition) is 6. The van der Waals surface area contributed by atoms with Crippen molar-refractivity contribution in [3.63, 3.8) is 0 Å². The van der Waals surface area contributed by atoms with Gasteiger partial charge in [-0.1, -0.05) is 12.8 Å². The highest BCUT2D eigenvalue weighted by atomic mass is 19.4. The van der Waals surface area contributed by atoms with Crippen LogP contribution in [-0.4, -0.2) is 32.6 Å². The number of anilines is 2. The maximum Gasteiger partial charge on any atom is 0.451 e. The molecular formula is C18H19F3N6O2. The molecule has 0 saturated heterocycles. The summed E-state index contributed by atoms with van der Waals surface area (Å²) in [6, 6.07) is 2.83. The van der Waals surface area contributed by atoms with Gasteiger partial charge in [-0.15, -0.1) is 0 Å². The lowest BCUT2D eigenvalue weighted by molar-refractivity contribution is -0.152. The van der Waals surface area contributed by atoms with Crippen LogP contribution in [-0.2, 0) is 6.18 Å². The standard InChI is InChI=1S/C18H19F3N6O2/c19-18(20,21)15-13(6-8-29-15)25-17(28)10-9-23-27-7-5-14(26-16(10)27)24-12-4-2-1-3-11(12)22/h5-9,11-12H,1-4,22H2,(H,24,26)(H,25,28)/t11-,12+/m0/s1. The van der Waals surface area contributed by atoms with Crippen molar-refractivity contribution in [3.8, 4) is 0 Å². The Morgan fingerprint density at radius 2 is 2.07 bits per heavy atom. The fourth-order valence-corrected chi connectivity index (χ4v) is 3.46. The van der Waals surface area contributed by atoms with Crippen LogP contribution in [0, 0.1) is 0 Å². The molecule has 11 heteroatoms.